The number of hydrogen-bond donors (Lipinski definition) is 2. The van der Waals surface area contributed by atoms with Gasteiger partial charge in [-0.2, -0.15) is 0 Å². The first-order chi connectivity index (χ1) is 10.1. The molecule has 0 saturated carbocycles. The summed E-state index contributed by atoms with van der Waals surface area (Å²) in [5, 5.41) is 12.5. The number of ether oxygens (including phenoxy) is 2. The summed E-state index contributed by atoms with van der Waals surface area (Å²) in [6.45, 7) is 3.52. The second kappa shape index (κ2) is 7.54. The predicted octanol–water partition coefficient (Wildman–Crippen LogP) is 1.21. The lowest BCUT2D eigenvalue weighted by molar-refractivity contribution is -0.123. The van der Waals surface area contributed by atoms with Gasteiger partial charge in [0.2, 0.25) is 5.91 Å². The molecule has 5 nitrogen and oxygen atoms in total. The van der Waals surface area contributed by atoms with Crippen molar-refractivity contribution in [2.24, 2.45) is 0 Å². The maximum atomic E-state index is 11.9. The molecule has 116 valence electrons. The predicted molar refractivity (Wildman–Crippen MR) is 78.8 cm³/mol. The van der Waals surface area contributed by atoms with E-state index in [0.717, 1.165) is 5.56 Å². The van der Waals surface area contributed by atoms with Crippen molar-refractivity contribution in [2.75, 3.05) is 26.4 Å². The first-order valence-electron chi connectivity index (χ1n) is 7.30. The van der Waals surface area contributed by atoms with Gasteiger partial charge in [-0.05, 0) is 5.56 Å². The van der Waals surface area contributed by atoms with E-state index in [1.807, 2.05) is 37.3 Å². The van der Waals surface area contributed by atoms with Gasteiger partial charge in [-0.1, -0.05) is 37.3 Å². The molecule has 1 aromatic rings. The number of carbonyl (C=O) groups excluding carboxylic acids is 1. The van der Waals surface area contributed by atoms with Crippen molar-refractivity contribution >= 4 is 5.91 Å². The molecule has 1 saturated heterocycles. The molecule has 1 aromatic carbocycles. The third kappa shape index (κ3) is 4.52. The Hall–Kier alpha value is -1.43. The van der Waals surface area contributed by atoms with Crippen molar-refractivity contribution in [3.05, 3.63) is 35.9 Å². The molecular weight excluding hydrogens is 270 g/mol. The van der Waals surface area contributed by atoms with E-state index in [0.29, 0.717) is 32.6 Å². The van der Waals surface area contributed by atoms with E-state index in [9.17, 15) is 9.90 Å². The van der Waals surface area contributed by atoms with Gasteiger partial charge in [0.15, 0.2) is 6.29 Å². The third-order valence-electron chi connectivity index (χ3n) is 3.79. The van der Waals surface area contributed by atoms with Crippen LogP contribution in [0.5, 0.6) is 0 Å². The maximum Gasteiger partial charge on any atom is 0.220 e. The zero-order chi connectivity index (χ0) is 15.1. The van der Waals surface area contributed by atoms with Crippen molar-refractivity contribution in [1.82, 2.24) is 5.32 Å². The van der Waals surface area contributed by atoms with Gasteiger partial charge in [-0.25, -0.2) is 0 Å². The molecule has 1 heterocycles. The lowest BCUT2D eigenvalue weighted by Crippen LogP contribution is -2.41. The molecule has 5 heteroatoms. The molecule has 0 radical (unpaired) electrons. The summed E-state index contributed by atoms with van der Waals surface area (Å²) >= 11 is 0. The van der Waals surface area contributed by atoms with Gasteiger partial charge in [-0.15, -0.1) is 0 Å². The van der Waals surface area contributed by atoms with Crippen LogP contribution in [0.25, 0.3) is 0 Å². The second-order valence-corrected chi connectivity index (χ2v) is 5.57. The largest absolute Gasteiger partial charge is 0.395 e. The number of rotatable bonds is 7. The number of aliphatic hydroxyl groups excluding tert-OH is 1. The fourth-order valence-corrected chi connectivity index (χ4v) is 2.29. The zero-order valence-electron chi connectivity index (χ0n) is 12.4. The molecule has 0 aliphatic carbocycles. The van der Waals surface area contributed by atoms with E-state index in [1.54, 1.807) is 0 Å². The van der Waals surface area contributed by atoms with Crippen LogP contribution in [0.4, 0.5) is 0 Å². The summed E-state index contributed by atoms with van der Waals surface area (Å²) in [4.78, 5) is 11.9. The van der Waals surface area contributed by atoms with E-state index < -0.39 is 5.41 Å². The van der Waals surface area contributed by atoms with Crippen LogP contribution in [-0.4, -0.2) is 43.7 Å². The maximum absolute atomic E-state index is 11.9. The highest BCUT2D eigenvalue weighted by atomic mass is 16.7. The van der Waals surface area contributed by atoms with E-state index in [1.165, 1.54) is 0 Å². The topological polar surface area (TPSA) is 67.8 Å². The van der Waals surface area contributed by atoms with Crippen molar-refractivity contribution in [3.63, 3.8) is 0 Å². The Labute approximate surface area is 125 Å². The number of hydrogen-bond acceptors (Lipinski definition) is 4. The molecule has 1 aliphatic heterocycles. The number of amides is 1. The summed E-state index contributed by atoms with van der Waals surface area (Å²) in [6.07, 6.45) is 0.669. The van der Waals surface area contributed by atoms with Crippen molar-refractivity contribution < 1.29 is 19.4 Å². The highest BCUT2D eigenvalue weighted by molar-refractivity contribution is 5.76. The van der Waals surface area contributed by atoms with Crippen LogP contribution >= 0.6 is 0 Å². The molecule has 1 fully saturated rings. The van der Waals surface area contributed by atoms with Crippen LogP contribution in [0.2, 0.25) is 0 Å². The van der Waals surface area contributed by atoms with Crippen LogP contribution in [0.1, 0.15) is 25.3 Å². The SMILES string of the molecule is CC(CO)(CNC(=O)CCC1OCCO1)c1ccccc1. The quantitative estimate of drug-likeness (QED) is 0.793. The Kier molecular flexibility index (Phi) is 5.73. The van der Waals surface area contributed by atoms with Gasteiger partial charge >= 0.3 is 0 Å². The van der Waals surface area contributed by atoms with Gasteiger partial charge in [0.25, 0.3) is 0 Å². The number of nitrogens with one attached hydrogen (secondary N) is 1. The zero-order valence-corrected chi connectivity index (χ0v) is 12.4. The van der Waals surface area contributed by atoms with E-state index >= 15 is 0 Å². The minimum Gasteiger partial charge on any atom is -0.395 e. The van der Waals surface area contributed by atoms with Gasteiger partial charge in [0.05, 0.1) is 19.8 Å². The summed E-state index contributed by atoms with van der Waals surface area (Å²) < 4.78 is 10.6. The molecule has 2 rings (SSSR count). The molecule has 0 bridgehead atoms. The number of carbonyl (C=O) groups is 1. The van der Waals surface area contributed by atoms with E-state index in [2.05, 4.69) is 5.32 Å². The second-order valence-electron chi connectivity index (χ2n) is 5.57. The first-order valence-corrected chi connectivity index (χ1v) is 7.30. The normalized spacial score (nSPS) is 18.4. The lowest BCUT2D eigenvalue weighted by atomic mass is 9.83. The van der Waals surface area contributed by atoms with Crippen molar-refractivity contribution in [1.29, 1.82) is 0 Å². The molecular formula is C16H23NO4. The van der Waals surface area contributed by atoms with Gasteiger partial charge < -0.3 is 19.9 Å². The average Bonchev–Trinajstić information content (AvgIpc) is 3.05. The fourth-order valence-electron chi connectivity index (χ4n) is 2.29. The lowest BCUT2D eigenvalue weighted by Gasteiger charge is -2.28. The molecule has 1 atom stereocenters. The van der Waals surface area contributed by atoms with Gasteiger partial charge in [-0.3, -0.25) is 4.79 Å². The summed E-state index contributed by atoms with van der Waals surface area (Å²) in [7, 11) is 0. The van der Waals surface area contributed by atoms with Crippen molar-refractivity contribution in [2.45, 2.75) is 31.5 Å². The average molecular weight is 293 g/mol. The Morgan fingerprint density at radius 3 is 2.62 bits per heavy atom. The smallest absolute Gasteiger partial charge is 0.220 e. The van der Waals surface area contributed by atoms with E-state index in [-0.39, 0.29) is 18.8 Å². The minimum atomic E-state index is -0.475. The number of benzene rings is 1. The van der Waals surface area contributed by atoms with E-state index in [4.69, 9.17) is 9.47 Å². The van der Waals surface area contributed by atoms with Crippen LogP contribution in [0.15, 0.2) is 30.3 Å². The summed E-state index contributed by atoms with van der Waals surface area (Å²) in [5.41, 5.74) is 0.535. The Balaban J connectivity index is 1.80. The molecule has 21 heavy (non-hydrogen) atoms. The standard InChI is InChI=1S/C16H23NO4/c1-16(12-18,13-5-3-2-4-6-13)11-17-14(19)7-8-15-20-9-10-21-15/h2-6,15,18H,7-12H2,1H3,(H,17,19). The van der Waals surface area contributed by atoms with Gasteiger partial charge in [0.1, 0.15) is 0 Å². The molecule has 1 unspecified atom stereocenters. The number of aliphatic hydroxyl groups is 1. The Morgan fingerprint density at radius 1 is 1.33 bits per heavy atom. The monoisotopic (exact) mass is 293 g/mol. The molecule has 0 spiro atoms. The van der Waals surface area contributed by atoms with Crippen LogP contribution in [0, 0.1) is 0 Å². The first kappa shape index (κ1) is 15.9. The highest BCUT2D eigenvalue weighted by Crippen LogP contribution is 2.22. The fraction of sp³-hybridized carbons (Fsp3) is 0.562. The molecule has 0 aromatic heterocycles. The Bertz CT molecular complexity index is 445. The van der Waals surface area contributed by atoms with Crippen LogP contribution in [0.3, 0.4) is 0 Å². The van der Waals surface area contributed by atoms with Crippen LogP contribution < -0.4 is 5.32 Å². The van der Waals surface area contributed by atoms with Gasteiger partial charge in [0, 0.05) is 24.8 Å². The highest BCUT2D eigenvalue weighted by Gasteiger charge is 2.26. The summed E-state index contributed by atoms with van der Waals surface area (Å²) in [5.74, 6) is -0.0512. The van der Waals surface area contributed by atoms with Crippen LogP contribution in [-0.2, 0) is 19.7 Å². The Morgan fingerprint density at radius 2 is 2.00 bits per heavy atom. The molecule has 1 aliphatic rings. The summed E-state index contributed by atoms with van der Waals surface area (Å²) in [6, 6.07) is 9.71. The minimum absolute atomic E-state index is 0.0217. The van der Waals surface area contributed by atoms with Crippen molar-refractivity contribution in [3.8, 4) is 0 Å². The molecule has 2 N–H and O–H groups in total. The molecule has 1 amide bonds. The third-order valence-corrected chi connectivity index (χ3v) is 3.79.